The molecule has 0 unspecified atom stereocenters. The first-order chi connectivity index (χ1) is 13.8. The van der Waals surface area contributed by atoms with Crippen LogP contribution in [0.4, 0.5) is 5.69 Å². The lowest BCUT2D eigenvalue weighted by Crippen LogP contribution is -2.41. The van der Waals surface area contributed by atoms with Crippen LogP contribution in [0.25, 0.3) is 0 Å². The summed E-state index contributed by atoms with van der Waals surface area (Å²) >= 11 is 7.89. The van der Waals surface area contributed by atoms with E-state index in [1.807, 2.05) is 43.3 Å². The lowest BCUT2D eigenvalue weighted by Gasteiger charge is -2.24. The molecule has 0 aliphatic heterocycles. The number of carbonyl (C=O) groups is 1. The summed E-state index contributed by atoms with van der Waals surface area (Å²) in [5.41, 5.74) is 2.55. The van der Waals surface area contributed by atoms with Gasteiger partial charge in [-0.25, -0.2) is 8.42 Å². The first kappa shape index (κ1) is 23.6. The predicted octanol–water partition coefficient (Wildman–Crippen LogP) is 4.11. The molecule has 0 aromatic heterocycles. The van der Waals surface area contributed by atoms with Crippen LogP contribution in [0.3, 0.4) is 0 Å². The van der Waals surface area contributed by atoms with Crippen molar-refractivity contribution >= 4 is 45.0 Å². The monoisotopic (exact) mass is 454 g/mol. The molecule has 0 spiro atoms. The second-order valence-electron chi connectivity index (χ2n) is 6.60. The SMILES string of the molecule is CCc1ccccc1N(CC(=O)NCCCSCc1ccccc1Cl)S(C)(=O)=O. The van der Waals surface area contributed by atoms with E-state index in [0.29, 0.717) is 18.7 Å². The zero-order chi connectivity index (χ0) is 21.3. The molecule has 0 heterocycles. The van der Waals surface area contributed by atoms with Crippen molar-refractivity contribution in [2.75, 3.05) is 29.4 Å². The summed E-state index contributed by atoms with van der Waals surface area (Å²) < 4.78 is 25.7. The van der Waals surface area contributed by atoms with Crippen LogP contribution in [0.15, 0.2) is 48.5 Å². The summed E-state index contributed by atoms with van der Waals surface area (Å²) in [6.45, 7) is 2.24. The molecule has 2 aromatic carbocycles. The first-order valence-electron chi connectivity index (χ1n) is 9.46. The van der Waals surface area contributed by atoms with Gasteiger partial charge in [-0.15, -0.1) is 0 Å². The van der Waals surface area contributed by atoms with Crippen LogP contribution < -0.4 is 9.62 Å². The number of para-hydroxylation sites is 1. The normalized spacial score (nSPS) is 11.3. The number of hydrogen-bond donors (Lipinski definition) is 1. The van der Waals surface area contributed by atoms with Crippen molar-refractivity contribution in [1.29, 1.82) is 0 Å². The zero-order valence-electron chi connectivity index (χ0n) is 16.7. The minimum Gasteiger partial charge on any atom is -0.354 e. The van der Waals surface area contributed by atoms with Crippen LogP contribution in [0.5, 0.6) is 0 Å². The van der Waals surface area contributed by atoms with E-state index in [4.69, 9.17) is 11.6 Å². The summed E-state index contributed by atoms with van der Waals surface area (Å²) in [5, 5.41) is 3.58. The van der Waals surface area contributed by atoms with Crippen LogP contribution in [-0.2, 0) is 27.0 Å². The Kier molecular flexibility index (Phi) is 9.33. The van der Waals surface area contributed by atoms with E-state index in [1.165, 1.54) is 4.31 Å². The Hall–Kier alpha value is -1.70. The maximum absolute atomic E-state index is 12.3. The number of carbonyl (C=O) groups excluding carboxylic acids is 1. The fourth-order valence-corrected chi connectivity index (χ4v) is 4.95. The Balaban J connectivity index is 1.81. The van der Waals surface area contributed by atoms with Crippen LogP contribution in [0.2, 0.25) is 5.02 Å². The van der Waals surface area contributed by atoms with Gasteiger partial charge in [-0.2, -0.15) is 11.8 Å². The van der Waals surface area contributed by atoms with E-state index >= 15 is 0 Å². The zero-order valence-corrected chi connectivity index (χ0v) is 19.1. The molecule has 0 fully saturated rings. The molecule has 2 rings (SSSR count). The number of nitrogens with one attached hydrogen (secondary N) is 1. The second-order valence-corrected chi connectivity index (χ2v) is 10.0. The van der Waals surface area contributed by atoms with Gasteiger partial charge >= 0.3 is 0 Å². The molecule has 2 aromatic rings. The minimum absolute atomic E-state index is 0.220. The fourth-order valence-electron chi connectivity index (χ4n) is 2.82. The van der Waals surface area contributed by atoms with Crippen molar-refractivity contribution in [3.8, 4) is 0 Å². The van der Waals surface area contributed by atoms with E-state index < -0.39 is 10.0 Å². The summed E-state index contributed by atoms with van der Waals surface area (Å²) in [7, 11) is -3.56. The Labute approximate surface area is 182 Å². The third kappa shape index (κ3) is 7.57. The van der Waals surface area contributed by atoms with E-state index in [-0.39, 0.29) is 12.5 Å². The standard InChI is InChI=1S/C21H27ClN2O3S2/c1-3-17-9-5-7-12-20(17)24(29(2,26)27)15-21(25)23-13-8-14-28-16-18-10-4-6-11-19(18)22/h4-7,9-12H,3,8,13-16H2,1-2H3,(H,23,25). The quantitative estimate of drug-likeness (QED) is 0.519. The third-order valence-corrected chi connectivity index (χ3v) is 6.92. The highest BCUT2D eigenvalue weighted by Crippen LogP contribution is 2.23. The fraction of sp³-hybridized carbons (Fsp3) is 0.381. The molecule has 8 heteroatoms. The van der Waals surface area contributed by atoms with Crippen molar-refractivity contribution in [2.45, 2.75) is 25.5 Å². The van der Waals surface area contributed by atoms with Crippen LogP contribution in [-0.4, -0.2) is 39.4 Å². The smallest absolute Gasteiger partial charge is 0.240 e. The summed E-state index contributed by atoms with van der Waals surface area (Å²) in [6, 6.07) is 15.0. The Morgan fingerprint density at radius 3 is 2.41 bits per heavy atom. The lowest BCUT2D eigenvalue weighted by molar-refractivity contribution is -0.119. The Morgan fingerprint density at radius 1 is 1.10 bits per heavy atom. The molecule has 0 bridgehead atoms. The number of anilines is 1. The topological polar surface area (TPSA) is 66.5 Å². The van der Waals surface area contributed by atoms with E-state index in [0.717, 1.165) is 40.3 Å². The molecule has 0 saturated heterocycles. The van der Waals surface area contributed by atoms with Crippen molar-refractivity contribution in [2.24, 2.45) is 0 Å². The number of nitrogens with zero attached hydrogens (tertiary/aromatic N) is 1. The molecule has 0 aliphatic carbocycles. The van der Waals surface area contributed by atoms with Crippen molar-refractivity contribution in [1.82, 2.24) is 5.32 Å². The highest BCUT2D eigenvalue weighted by molar-refractivity contribution is 7.98. The number of rotatable bonds is 11. The molecule has 158 valence electrons. The summed E-state index contributed by atoms with van der Waals surface area (Å²) in [5.74, 6) is 1.39. The maximum Gasteiger partial charge on any atom is 0.240 e. The molecule has 1 N–H and O–H groups in total. The van der Waals surface area contributed by atoms with Gasteiger partial charge in [0.25, 0.3) is 0 Å². The summed E-state index contributed by atoms with van der Waals surface area (Å²) in [6.07, 6.45) is 2.61. The number of sulfonamides is 1. The minimum atomic E-state index is -3.56. The number of thioether (sulfide) groups is 1. The van der Waals surface area contributed by atoms with Gasteiger partial charge in [0.15, 0.2) is 0 Å². The van der Waals surface area contributed by atoms with Gasteiger partial charge in [-0.05, 0) is 41.9 Å². The molecule has 0 radical (unpaired) electrons. The highest BCUT2D eigenvalue weighted by Gasteiger charge is 2.22. The predicted molar refractivity (Wildman–Crippen MR) is 123 cm³/mol. The molecular weight excluding hydrogens is 428 g/mol. The number of hydrogen-bond acceptors (Lipinski definition) is 4. The Bertz CT molecular complexity index is 920. The van der Waals surface area contributed by atoms with E-state index in [9.17, 15) is 13.2 Å². The highest BCUT2D eigenvalue weighted by atomic mass is 35.5. The van der Waals surface area contributed by atoms with E-state index in [1.54, 1.807) is 23.9 Å². The molecular formula is C21H27ClN2O3S2. The molecule has 29 heavy (non-hydrogen) atoms. The average molecular weight is 455 g/mol. The molecule has 1 amide bonds. The number of halogens is 1. The van der Waals surface area contributed by atoms with E-state index in [2.05, 4.69) is 5.32 Å². The van der Waals surface area contributed by atoms with Gasteiger partial charge in [-0.3, -0.25) is 9.10 Å². The van der Waals surface area contributed by atoms with Gasteiger partial charge < -0.3 is 5.32 Å². The number of aryl methyl sites for hydroxylation is 1. The van der Waals surface area contributed by atoms with Crippen molar-refractivity contribution in [3.63, 3.8) is 0 Å². The molecule has 0 saturated carbocycles. The van der Waals surface area contributed by atoms with Gasteiger partial charge in [0.05, 0.1) is 11.9 Å². The number of benzene rings is 2. The van der Waals surface area contributed by atoms with Gasteiger partial charge in [-0.1, -0.05) is 54.9 Å². The second kappa shape index (κ2) is 11.5. The van der Waals surface area contributed by atoms with Gasteiger partial charge in [0.2, 0.25) is 15.9 Å². The third-order valence-electron chi connectivity index (χ3n) is 4.33. The molecule has 5 nitrogen and oxygen atoms in total. The van der Waals surface area contributed by atoms with Crippen LogP contribution >= 0.6 is 23.4 Å². The van der Waals surface area contributed by atoms with Crippen molar-refractivity contribution < 1.29 is 13.2 Å². The lowest BCUT2D eigenvalue weighted by atomic mass is 10.1. The average Bonchev–Trinajstić information content (AvgIpc) is 2.69. The van der Waals surface area contributed by atoms with Crippen molar-refractivity contribution in [3.05, 3.63) is 64.7 Å². The first-order valence-corrected chi connectivity index (χ1v) is 12.8. The Morgan fingerprint density at radius 2 is 1.76 bits per heavy atom. The van der Waals surface area contributed by atoms with Crippen LogP contribution in [0, 0.1) is 0 Å². The largest absolute Gasteiger partial charge is 0.354 e. The maximum atomic E-state index is 12.3. The molecule has 0 atom stereocenters. The van der Waals surface area contributed by atoms with Gasteiger partial charge in [0, 0.05) is 17.3 Å². The van der Waals surface area contributed by atoms with Gasteiger partial charge in [0.1, 0.15) is 6.54 Å². The number of amides is 1. The molecule has 0 aliphatic rings. The van der Waals surface area contributed by atoms with Crippen LogP contribution in [0.1, 0.15) is 24.5 Å². The summed E-state index contributed by atoms with van der Waals surface area (Å²) in [4.78, 5) is 12.3.